The molecule has 4 rings (SSSR count). The lowest BCUT2D eigenvalue weighted by Gasteiger charge is -2.10. The fourth-order valence-electron chi connectivity index (χ4n) is 3.12. The fraction of sp³-hybridized carbons (Fsp3) is 0.500. The summed E-state index contributed by atoms with van der Waals surface area (Å²) in [6, 6.07) is -0.376. The van der Waals surface area contributed by atoms with Crippen molar-refractivity contribution in [2.24, 2.45) is 21.1 Å². The van der Waals surface area contributed by atoms with Crippen molar-refractivity contribution < 1.29 is 9.53 Å². The van der Waals surface area contributed by atoms with Gasteiger partial charge in [0.2, 0.25) is 5.13 Å². The van der Waals surface area contributed by atoms with E-state index in [1.54, 1.807) is 18.7 Å². The molecule has 0 aromatic carbocycles. The summed E-state index contributed by atoms with van der Waals surface area (Å²) in [6.45, 7) is 1.17. The van der Waals surface area contributed by atoms with Gasteiger partial charge in [0.1, 0.15) is 0 Å². The van der Waals surface area contributed by atoms with Gasteiger partial charge in [-0.25, -0.2) is 14.6 Å². The quantitative estimate of drug-likeness (QED) is 0.526. The smallest absolute Gasteiger partial charge is 0.332 e. The lowest BCUT2D eigenvalue weighted by molar-refractivity contribution is 0.112. The minimum Gasteiger partial charge on any atom is -0.376 e. The van der Waals surface area contributed by atoms with Crippen molar-refractivity contribution in [3.8, 4) is 0 Å². The molecule has 1 saturated heterocycles. The molecule has 30 heavy (non-hydrogen) atoms. The van der Waals surface area contributed by atoms with E-state index in [0.29, 0.717) is 32.3 Å². The highest BCUT2D eigenvalue weighted by molar-refractivity contribution is 8.01. The molecule has 0 saturated carbocycles. The molecule has 2 N–H and O–H groups in total. The zero-order valence-corrected chi connectivity index (χ0v) is 18.2. The second-order valence-corrected chi connectivity index (χ2v) is 8.97. The van der Waals surface area contributed by atoms with Gasteiger partial charge in [0, 0.05) is 34.3 Å². The van der Waals surface area contributed by atoms with E-state index in [1.165, 1.54) is 34.7 Å². The number of amides is 2. The Hall–Kier alpha value is -2.71. The molecule has 0 aliphatic carbocycles. The molecule has 160 valence electrons. The van der Waals surface area contributed by atoms with Crippen LogP contribution in [-0.4, -0.2) is 54.2 Å². The van der Waals surface area contributed by atoms with Crippen molar-refractivity contribution in [1.82, 2.24) is 34.2 Å². The van der Waals surface area contributed by atoms with Crippen molar-refractivity contribution >= 4 is 45.4 Å². The number of ether oxygens (including phenoxy) is 1. The topological polar surface area (TPSA) is 138 Å². The lowest BCUT2D eigenvalue weighted by Crippen LogP contribution is -2.37. The van der Waals surface area contributed by atoms with Crippen molar-refractivity contribution in [1.29, 1.82) is 0 Å². The largest absolute Gasteiger partial charge is 0.376 e. The van der Waals surface area contributed by atoms with Gasteiger partial charge in [-0.15, -0.1) is 10.2 Å². The van der Waals surface area contributed by atoms with Crippen LogP contribution in [0.2, 0.25) is 0 Å². The molecule has 12 nitrogen and oxygen atoms in total. The Morgan fingerprint density at radius 3 is 2.77 bits per heavy atom. The number of nitrogens with one attached hydrogen (secondary N) is 2. The maximum absolute atomic E-state index is 12.5. The van der Waals surface area contributed by atoms with Gasteiger partial charge < -0.3 is 14.6 Å². The fourth-order valence-corrected chi connectivity index (χ4v) is 4.82. The van der Waals surface area contributed by atoms with E-state index in [9.17, 15) is 14.4 Å². The number of aryl methyl sites for hydroxylation is 2. The van der Waals surface area contributed by atoms with Gasteiger partial charge in [0.15, 0.2) is 20.7 Å². The standard InChI is InChI=1S/C16H20N8O4S2/c1-22-9-10(23(2)16(27)24(3)11(9)25)18-14(22)30-15-21-20-13(29-15)19-12(26)17-7-8-5-4-6-28-8/h8H,4-7H2,1-3H3,(H2,17,19,20,26)/t8-/m0/s1. The van der Waals surface area contributed by atoms with Crippen LogP contribution in [0.15, 0.2) is 19.1 Å². The van der Waals surface area contributed by atoms with E-state index in [2.05, 4.69) is 25.8 Å². The van der Waals surface area contributed by atoms with E-state index in [0.717, 1.165) is 24.0 Å². The normalized spacial score (nSPS) is 16.3. The first-order chi connectivity index (χ1) is 14.3. The molecule has 0 spiro atoms. The van der Waals surface area contributed by atoms with Crippen LogP contribution >= 0.6 is 23.1 Å². The first-order valence-corrected chi connectivity index (χ1v) is 10.8. The van der Waals surface area contributed by atoms with Gasteiger partial charge in [-0.1, -0.05) is 11.3 Å². The van der Waals surface area contributed by atoms with Gasteiger partial charge in [0.05, 0.1) is 6.10 Å². The Balaban J connectivity index is 1.48. The van der Waals surface area contributed by atoms with E-state index >= 15 is 0 Å². The number of rotatable bonds is 5. The Kier molecular flexibility index (Phi) is 5.62. The molecule has 14 heteroatoms. The number of imidazole rings is 1. The highest BCUT2D eigenvalue weighted by atomic mass is 32.2. The van der Waals surface area contributed by atoms with Gasteiger partial charge in [-0.3, -0.25) is 19.2 Å². The van der Waals surface area contributed by atoms with Gasteiger partial charge in [-0.2, -0.15) is 0 Å². The van der Waals surface area contributed by atoms with Crippen LogP contribution in [0, 0.1) is 0 Å². The predicted molar refractivity (Wildman–Crippen MR) is 111 cm³/mol. The summed E-state index contributed by atoms with van der Waals surface area (Å²) in [5, 5.41) is 14.2. The molecule has 1 aliphatic rings. The lowest BCUT2D eigenvalue weighted by atomic mass is 10.2. The van der Waals surface area contributed by atoms with E-state index in [1.807, 2.05) is 0 Å². The molecular formula is C16H20N8O4S2. The van der Waals surface area contributed by atoms with E-state index in [-0.39, 0.29) is 12.1 Å². The number of hydrogen-bond donors (Lipinski definition) is 2. The van der Waals surface area contributed by atoms with Crippen LogP contribution in [0.5, 0.6) is 0 Å². The van der Waals surface area contributed by atoms with Crippen LogP contribution in [0.3, 0.4) is 0 Å². The summed E-state index contributed by atoms with van der Waals surface area (Å²) in [5.74, 6) is 0. The Morgan fingerprint density at radius 2 is 2.03 bits per heavy atom. The minimum absolute atomic E-state index is 0.0532. The van der Waals surface area contributed by atoms with Crippen molar-refractivity contribution in [3.05, 3.63) is 20.8 Å². The van der Waals surface area contributed by atoms with Crippen molar-refractivity contribution in [2.45, 2.75) is 28.4 Å². The summed E-state index contributed by atoms with van der Waals surface area (Å²) in [6.07, 6.45) is 2.00. The SMILES string of the molecule is Cn1c(=O)c2c(nc(Sc3nnc(NC(=O)NC[C@@H]4CCCO4)s3)n2C)n(C)c1=O. The van der Waals surface area contributed by atoms with Crippen LogP contribution in [-0.2, 0) is 25.9 Å². The third-order valence-corrected chi connectivity index (χ3v) is 6.69. The zero-order chi connectivity index (χ0) is 21.4. The zero-order valence-electron chi connectivity index (χ0n) is 16.5. The molecule has 1 fully saturated rings. The Morgan fingerprint density at radius 1 is 1.23 bits per heavy atom. The maximum atomic E-state index is 12.5. The highest BCUT2D eigenvalue weighted by Crippen LogP contribution is 2.32. The summed E-state index contributed by atoms with van der Waals surface area (Å²) >= 11 is 2.37. The number of fused-ring (bicyclic) bond motifs is 1. The third kappa shape index (κ3) is 3.85. The molecule has 0 unspecified atom stereocenters. The third-order valence-electron chi connectivity index (χ3n) is 4.75. The number of anilines is 1. The molecule has 4 heterocycles. The second-order valence-electron chi connectivity index (χ2n) is 6.78. The maximum Gasteiger partial charge on any atom is 0.332 e. The molecule has 3 aromatic heterocycles. The second kappa shape index (κ2) is 8.20. The summed E-state index contributed by atoms with van der Waals surface area (Å²) in [5.41, 5.74) is -0.251. The van der Waals surface area contributed by atoms with Gasteiger partial charge >= 0.3 is 11.7 Å². The minimum atomic E-state index is -0.446. The number of nitrogens with zero attached hydrogens (tertiary/aromatic N) is 6. The predicted octanol–water partition coefficient (Wildman–Crippen LogP) is 0.274. The molecule has 0 radical (unpaired) electrons. The summed E-state index contributed by atoms with van der Waals surface area (Å²) in [4.78, 5) is 41.0. The van der Waals surface area contributed by atoms with Crippen molar-refractivity contribution in [2.75, 3.05) is 18.5 Å². The van der Waals surface area contributed by atoms with E-state index < -0.39 is 11.2 Å². The number of aromatic nitrogens is 6. The molecule has 0 bridgehead atoms. The number of hydrogen-bond acceptors (Lipinski definition) is 9. The van der Waals surface area contributed by atoms with Crippen LogP contribution in [0.25, 0.3) is 11.2 Å². The van der Waals surface area contributed by atoms with Crippen LogP contribution in [0.4, 0.5) is 9.93 Å². The molecule has 3 aromatic rings. The molecule has 2 amide bonds. The van der Waals surface area contributed by atoms with Gasteiger partial charge in [0.25, 0.3) is 5.56 Å². The highest BCUT2D eigenvalue weighted by Gasteiger charge is 2.20. The van der Waals surface area contributed by atoms with Crippen molar-refractivity contribution in [3.63, 3.8) is 0 Å². The molecule has 1 aliphatic heterocycles. The average Bonchev–Trinajstić information content (AvgIpc) is 3.45. The first-order valence-electron chi connectivity index (χ1n) is 9.15. The number of carbonyl (C=O) groups is 1. The first kappa shape index (κ1) is 20.6. The molecule has 1 atom stereocenters. The van der Waals surface area contributed by atoms with E-state index in [4.69, 9.17) is 4.74 Å². The Bertz CT molecular complexity index is 1220. The summed E-state index contributed by atoms with van der Waals surface area (Å²) < 4.78 is 9.98. The Labute approximate surface area is 178 Å². The van der Waals surface area contributed by atoms with Crippen LogP contribution < -0.4 is 21.9 Å². The monoisotopic (exact) mass is 452 g/mol. The average molecular weight is 453 g/mol. The van der Waals surface area contributed by atoms with Crippen LogP contribution in [0.1, 0.15) is 12.8 Å². The molecular weight excluding hydrogens is 432 g/mol. The number of urea groups is 1. The number of carbonyl (C=O) groups excluding carboxylic acids is 1. The summed E-state index contributed by atoms with van der Waals surface area (Å²) in [7, 11) is 4.69. The van der Waals surface area contributed by atoms with Gasteiger partial charge in [-0.05, 0) is 24.6 Å².